The molecular formula is C16H20ClNO2S. The lowest BCUT2D eigenvalue weighted by atomic mass is 9.98. The average Bonchev–Trinajstić information content (AvgIpc) is 2.81. The SMILES string of the molecule is CNC(c1cc(OC)c(OC)cc1C)c1scc(C)c1Cl. The minimum Gasteiger partial charge on any atom is -0.493 e. The zero-order valence-electron chi connectivity index (χ0n) is 12.9. The van der Waals surface area contributed by atoms with Gasteiger partial charge in [-0.15, -0.1) is 11.3 Å². The van der Waals surface area contributed by atoms with Gasteiger partial charge in [0.2, 0.25) is 0 Å². The van der Waals surface area contributed by atoms with E-state index in [-0.39, 0.29) is 6.04 Å². The molecule has 114 valence electrons. The second kappa shape index (κ2) is 6.69. The van der Waals surface area contributed by atoms with Crippen molar-refractivity contribution in [2.75, 3.05) is 21.3 Å². The molecule has 21 heavy (non-hydrogen) atoms. The monoisotopic (exact) mass is 325 g/mol. The van der Waals surface area contributed by atoms with Crippen LogP contribution in [0.1, 0.15) is 27.6 Å². The molecule has 0 amide bonds. The molecule has 3 nitrogen and oxygen atoms in total. The Bertz CT molecular complexity index is 639. The summed E-state index contributed by atoms with van der Waals surface area (Å²) < 4.78 is 10.8. The fourth-order valence-corrected chi connectivity index (χ4v) is 3.81. The third-order valence-corrected chi connectivity index (χ3v) is 5.34. The van der Waals surface area contributed by atoms with Crippen molar-refractivity contribution in [3.8, 4) is 11.5 Å². The summed E-state index contributed by atoms with van der Waals surface area (Å²) in [7, 11) is 5.23. The smallest absolute Gasteiger partial charge is 0.161 e. The molecule has 1 unspecified atom stereocenters. The number of hydrogen-bond acceptors (Lipinski definition) is 4. The van der Waals surface area contributed by atoms with Gasteiger partial charge in [-0.05, 0) is 55.1 Å². The Kier molecular flexibility index (Phi) is 5.14. The maximum Gasteiger partial charge on any atom is 0.161 e. The van der Waals surface area contributed by atoms with Gasteiger partial charge < -0.3 is 14.8 Å². The second-order valence-corrected chi connectivity index (χ2v) is 6.17. The Hall–Kier alpha value is -1.23. The van der Waals surface area contributed by atoms with E-state index >= 15 is 0 Å². The molecule has 0 saturated heterocycles. The lowest BCUT2D eigenvalue weighted by Crippen LogP contribution is -2.18. The fourth-order valence-electron chi connectivity index (χ4n) is 2.38. The number of rotatable bonds is 5. The first-order chi connectivity index (χ1) is 10.0. The molecule has 0 aliphatic heterocycles. The van der Waals surface area contributed by atoms with Crippen LogP contribution in [0.3, 0.4) is 0 Å². The lowest BCUT2D eigenvalue weighted by molar-refractivity contribution is 0.354. The van der Waals surface area contributed by atoms with Crippen LogP contribution in [-0.4, -0.2) is 21.3 Å². The Labute approximate surface area is 134 Å². The molecule has 0 aliphatic rings. The minimum absolute atomic E-state index is 0.0380. The summed E-state index contributed by atoms with van der Waals surface area (Å²) in [5.41, 5.74) is 3.38. The van der Waals surface area contributed by atoms with Crippen molar-refractivity contribution >= 4 is 22.9 Å². The van der Waals surface area contributed by atoms with Gasteiger partial charge in [-0.25, -0.2) is 0 Å². The van der Waals surface area contributed by atoms with Gasteiger partial charge in [-0.1, -0.05) is 11.6 Å². The van der Waals surface area contributed by atoms with Crippen LogP contribution in [0.25, 0.3) is 0 Å². The Morgan fingerprint density at radius 2 is 1.71 bits per heavy atom. The van der Waals surface area contributed by atoms with E-state index in [0.29, 0.717) is 0 Å². The van der Waals surface area contributed by atoms with E-state index in [0.717, 1.165) is 38.1 Å². The van der Waals surface area contributed by atoms with E-state index in [2.05, 4.69) is 17.6 Å². The average molecular weight is 326 g/mol. The van der Waals surface area contributed by atoms with Crippen LogP contribution in [0, 0.1) is 13.8 Å². The van der Waals surface area contributed by atoms with Crippen LogP contribution in [-0.2, 0) is 0 Å². The largest absolute Gasteiger partial charge is 0.493 e. The first kappa shape index (κ1) is 16.1. The molecule has 1 N–H and O–H groups in total. The van der Waals surface area contributed by atoms with Crippen LogP contribution in [0.15, 0.2) is 17.5 Å². The second-order valence-electron chi connectivity index (χ2n) is 4.88. The molecule has 5 heteroatoms. The van der Waals surface area contributed by atoms with Crippen molar-refractivity contribution in [1.82, 2.24) is 5.32 Å². The van der Waals surface area contributed by atoms with Crippen molar-refractivity contribution in [3.05, 3.63) is 44.1 Å². The summed E-state index contributed by atoms with van der Waals surface area (Å²) in [5, 5.41) is 6.26. The van der Waals surface area contributed by atoms with Gasteiger partial charge in [0.25, 0.3) is 0 Å². The maximum atomic E-state index is 6.43. The molecule has 1 heterocycles. The number of nitrogens with one attached hydrogen (secondary N) is 1. The van der Waals surface area contributed by atoms with Crippen molar-refractivity contribution < 1.29 is 9.47 Å². The Morgan fingerprint density at radius 1 is 1.10 bits per heavy atom. The number of hydrogen-bond donors (Lipinski definition) is 1. The normalized spacial score (nSPS) is 12.3. The molecular weight excluding hydrogens is 306 g/mol. The number of methoxy groups -OCH3 is 2. The van der Waals surface area contributed by atoms with Gasteiger partial charge in [0, 0.05) is 4.88 Å². The fraction of sp³-hybridized carbons (Fsp3) is 0.375. The van der Waals surface area contributed by atoms with Crippen molar-refractivity contribution in [2.24, 2.45) is 0 Å². The van der Waals surface area contributed by atoms with Gasteiger partial charge in [0.15, 0.2) is 11.5 Å². The van der Waals surface area contributed by atoms with E-state index in [4.69, 9.17) is 21.1 Å². The standard InChI is InChI=1S/C16H20ClNO2S/c1-9-6-12(19-4)13(20-5)7-11(9)15(18-3)16-14(17)10(2)8-21-16/h6-8,15,18H,1-5H3. The van der Waals surface area contributed by atoms with E-state index in [1.54, 1.807) is 25.6 Å². The van der Waals surface area contributed by atoms with E-state index < -0.39 is 0 Å². The predicted octanol–water partition coefficient (Wildman–Crippen LogP) is 4.34. The molecule has 0 bridgehead atoms. The highest BCUT2D eigenvalue weighted by Gasteiger charge is 2.22. The molecule has 0 radical (unpaired) electrons. The van der Waals surface area contributed by atoms with E-state index in [9.17, 15) is 0 Å². The summed E-state index contributed by atoms with van der Waals surface area (Å²) in [6.07, 6.45) is 0. The summed E-state index contributed by atoms with van der Waals surface area (Å²) >= 11 is 8.10. The lowest BCUT2D eigenvalue weighted by Gasteiger charge is -2.20. The van der Waals surface area contributed by atoms with Crippen LogP contribution < -0.4 is 14.8 Å². The predicted molar refractivity (Wildman–Crippen MR) is 89.3 cm³/mol. The molecule has 1 aromatic carbocycles. The van der Waals surface area contributed by atoms with Gasteiger partial charge in [0.05, 0.1) is 25.3 Å². The molecule has 0 spiro atoms. The minimum atomic E-state index is 0.0380. The first-order valence-electron chi connectivity index (χ1n) is 6.66. The molecule has 0 fully saturated rings. The molecule has 1 aromatic heterocycles. The van der Waals surface area contributed by atoms with E-state index in [1.807, 2.05) is 26.1 Å². The van der Waals surface area contributed by atoms with E-state index in [1.165, 1.54) is 0 Å². The first-order valence-corrected chi connectivity index (χ1v) is 7.92. The van der Waals surface area contributed by atoms with Gasteiger partial charge in [-0.2, -0.15) is 0 Å². The highest BCUT2D eigenvalue weighted by Crippen LogP contribution is 2.39. The number of halogens is 1. The Morgan fingerprint density at radius 3 is 2.19 bits per heavy atom. The van der Waals surface area contributed by atoms with Crippen LogP contribution in [0.5, 0.6) is 11.5 Å². The summed E-state index contributed by atoms with van der Waals surface area (Å²) in [6, 6.07) is 4.05. The summed E-state index contributed by atoms with van der Waals surface area (Å²) in [5.74, 6) is 1.46. The third kappa shape index (κ3) is 3.03. The number of thiophene rings is 1. The maximum absolute atomic E-state index is 6.43. The van der Waals surface area contributed by atoms with Crippen LogP contribution in [0.4, 0.5) is 0 Å². The van der Waals surface area contributed by atoms with Crippen LogP contribution >= 0.6 is 22.9 Å². The highest BCUT2D eigenvalue weighted by molar-refractivity contribution is 7.10. The summed E-state index contributed by atoms with van der Waals surface area (Å²) in [6.45, 7) is 4.09. The van der Waals surface area contributed by atoms with Crippen LogP contribution in [0.2, 0.25) is 5.02 Å². The van der Waals surface area contributed by atoms with Crippen molar-refractivity contribution in [2.45, 2.75) is 19.9 Å². The molecule has 2 aromatic rings. The molecule has 1 atom stereocenters. The zero-order valence-corrected chi connectivity index (χ0v) is 14.5. The zero-order chi connectivity index (χ0) is 15.6. The molecule has 0 saturated carbocycles. The van der Waals surface area contributed by atoms with Gasteiger partial charge in [-0.3, -0.25) is 0 Å². The third-order valence-electron chi connectivity index (χ3n) is 3.56. The molecule has 2 rings (SSSR count). The quantitative estimate of drug-likeness (QED) is 0.886. The number of ether oxygens (including phenoxy) is 2. The number of benzene rings is 1. The van der Waals surface area contributed by atoms with Gasteiger partial charge >= 0.3 is 0 Å². The topological polar surface area (TPSA) is 30.5 Å². The van der Waals surface area contributed by atoms with Crippen molar-refractivity contribution in [1.29, 1.82) is 0 Å². The summed E-state index contributed by atoms with van der Waals surface area (Å²) in [4.78, 5) is 1.12. The Balaban J connectivity index is 2.55. The highest BCUT2D eigenvalue weighted by atomic mass is 35.5. The number of aryl methyl sites for hydroxylation is 2. The molecule has 0 aliphatic carbocycles. The van der Waals surface area contributed by atoms with Crippen molar-refractivity contribution in [3.63, 3.8) is 0 Å². The van der Waals surface area contributed by atoms with Gasteiger partial charge in [0.1, 0.15) is 0 Å².